The second-order valence-electron chi connectivity index (χ2n) is 8.34. The molecule has 3 aromatic rings. The first kappa shape index (κ1) is 25.8. The number of nitrogens with zero attached hydrogens (tertiary/aromatic N) is 3. The minimum atomic E-state index is -0.453. The van der Waals surface area contributed by atoms with Gasteiger partial charge < -0.3 is 14.6 Å². The van der Waals surface area contributed by atoms with Gasteiger partial charge in [-0.3, -0.25) is 4.90 Å². The lowest BCUT2D eigenvalue weighted by Crippen LogP contribution is -2.34. The summed E-state index contributed by atoms with van der Waals surface area (Å²) in [7, 11) is 1.65. The molecule has 2 aromatic carbocycles. The van der Waals surface area contributed by atoms with Crippen molar-refractivity contribution in [2.45, 2.75) is 45.8 Å². The quantitative estimate of drug-likeness (QED) is 0.367. The summed E-state index contributed by atoms with van der Waals surface area (Å²) < 4.78 is 40.1. The highest BCUT2D eigenvalue weighted by molar-refractivity contribution is 5.43. The van der Waals surface area contributed by atoms with Crippen LogP contribution < -0.4 is 4.74 Å². The van der Waals surface area contributed by atoms with Crippen molar-refractivity contribution in [3.8, 4) is 17.3 Å². The lowest BCUT2D eigenvalue weighted by molar-refractivity contribution is 0.0786. The van der Waals surface area contributed by atoms with Gasteiger partial charge in [0.25, 0.3) is 0 Å². The third-order valence-corrected chi connectivity index (χ3v) is 5.59. The van der Waals surface area contributed by atoms with Gasteiger partial charge in [-0.15, -0.1) is 0 Å². The van der Waals surface area contributed by atoms with Gasteiger partial charge in [0, 0.05) is 26.7 Å². The van der Waals surface area contributed by atoms with Gasteiger partial charge in [-0.25, -0.2) is 13.5 Å². The third-order valence-electron chi connectivity index (χ3n) is 5.59. The van der Waals surface area contributed by atoms with Crippen molar-refractivity contribution in [3.05, 3.63) is 71.4 Å². The summed E-state index contributed by atoms with van der Waals surface area (Å²) in [6, 6.07) is 11.7. The number of aryl methyl sites for hydroxylation is 1. The fourth-order valence-electron chi connectivity index (χ4n) is 3.70. The molecule has 0 amide bonds. The van der Waals surface area contributed by atoms with Crippen molar-refractivity contribution in [1.29, 1.82) is 0 Å². The standard InChI is InChI=1S/C26H33F2N3O3/c1-4-5-6-23(32)17-30(15-16-33-3)18-25-19(2)29-31(22-11-7-20(27)8-12-22)26(25)34-24-13-9-21(28)10-14-24/h7-14,23,32H,4-6,15-18H2,1-3H3/t23-/m0/s1. The van der Waals surface area contributed by atoms with Crippen LogP contribution in [0.15, 0.2) is 48.5 Å². The summed E-state index contributed by atoms with van der Waals surface area (Å²) in [6.45, 7) is 6.07. The Balaban J connectivity index is 1.96. The average Bonchev–Trinajstić information content (AvgIpc) is 3.12. The molecule has 0 unspecified atom stereocenters. The predicted octanol–water partition coefficient (Wildman–Crippen LogP) is 5.25. The number of rotatable bonds is 13. The topological polar surface area (TPSA) is 59.8 Å². The molecule has 0 spiro atoms. The number of aliphatic hydroxyl groups excluding tert-OH is 1. The molecule has 1 N–H and O–H groups in total. The van der Waals surface area contributed by atoms with Crippen LogP contribution in [0.1, 0.15) is 37.4 Å². The molecule has 1 atom stereocenters. The molecule has 0 fully saturated rings. The number of ether oxygens (including phenoxy) is 2. The number of benzene rings is 2. The SMILES string of the molecule is CCCC[C@H](O)CN(CCOC)Cc1c(C)nn(-c2ccc(F)cc2)c1Oc1ccc(F)cc1. The zero-order valence-electron chi connectivity index (χ0n) is 20.0. The number of unbranched alkanes of at least 4 members (excludes halogenated alkanes) is 1. The molecule has 34 heavy (non-hydrogen) atoms. The van der Waals surface area contributed by atoms with E-state index in [1.165, 1.54) is 24.3 Å². The molecule has 8 heteroatoms. The number of hydrogen-bond acceptors (Lipinski definition) is 5. The van der Waals surface area contributed by atoms with E-state index in [0.717, 1.165) is 30.5 Å². The zero-order valence-corrected chi connectivity index (χ0v) is 20.0. The maximum absolute atomic E-state index is 13.5. The summed E-state index contributed by atoms with van der Waals surface area (Å²) >= 11 is 0. The highest BCUT2D eigenvalue weighted by Crippen LogP contribution is 2.32. The molecule has 0 bridgehead atoms. The molecule has 0 aliphatic heterocycles. The zero-order chi connectivity index (χ0) is 24.5. The van der Waals surface area contributed by atoms with Gasteiger partial charge >= 0.3 is 0 Å². The molecular formula is C26H33F2N3O3. The molecule has 1 aromatic heterocycles. The third kappa shape index (κ3) is 7.09. The fraction of sp³-hybridized carbons (Fsp3) is 0.423. The number of aliphatic hydroxyl groups is 1. The van der Waals surface area contributed by atoms with Crippen LogP contribution in [0, 0.1) is 18.6 Å². The van der Waals surface area contributed by atoms with Crippen LogP contribution in [0.3, 0.4) is 0 Å². The van der Waals surface area contributed by atoms with E-state index in [2.05, 4.69) is 16.9 Å². The van der Waals surface area contributed by atoms with Gasteiger partial charge in [-0.1, -0.05) is 19.8 Å². The van der Waals surface area contributed by atoms with Crippen LogP contribution in [-0.2, 0) is 11.3 Å². The predicted molar refractivity (Wildman–Crippen MR) is 127 cm³/mol. The molecular weight excluding hydrogens is 440 g/mol. The second-order valence-corrected chi connectivity index (χ2v) is 8.34. The van der Waals surface area contributed by atoms with Gasteiger partial charge in [-0.05, 0) is 61.9 Å². The highest BCUT2D eigenvalue weighted by Gasteiger charge is 2.22. The lowest BCUT2D eigenvalue weighted by Gasteiger charge is -2.25. The van der Waals surface area contributed by atoms with E-state index < -0.39 is 6.10 Å². The van der Waals surface area contributed by atoms with E-state index in [4.69, 9.17) is 9.47 Å². The van der Waals surface area contributed by atoms with Crippen molar-refractivity contribution >= 4 is 0 Å². The van der Waals surface area contributed by atoms with E-state index in [0.29, 0.717) is 43.6 Å². The van der Waals surface area contributed by atoms with Crippen LogP contribution >= 0.6 is 0 Å². The number of methoxy groups -OCH3 is 1. The maximum atomic E-state index is 13.5. The highest BCUT2D eigenvalue weighted by atomic mass is 19.1. The van der Waals surface area contributed by atoms with Crippen molar-refractivity contribution in [1.82, 2.24) is 14.7 Å². The summed E-state index contributed by atoms with van der Waals surface area (Å²) in [5.41, 5.74) is 2.21. The summed E-state index contributed by atoms with van der Waals surface area (Å²) in [5, 5.41) is 15.2. The molecule has 0 aliphatic carbocycles. The van der Waals surface area contributed by atoms with Gasteiger partial charge in [0.1, 0.15) is 17.4 Å². The Kier molecular flexibility index (Phi) is 9.56. The van der Waals surface area contributed by atoms with Crippen LogP contribution in [0.4, 0.5) is 8.78 Å². The Morgan fingerprint density at radius 1 is 1.06 bits per heavy atom. The van der Waals surface area contributed by atoms with E-state index in [1.54, 1.807) is 36.1 Å². The van der Waals surface area contributed by atoms with E-state index in [1.807, 2.05) is 6.92 Å². The first-order valence-electron chi connectivity index (χ1n) is 11.6. The number of halogens is 2. The monoisotopic (exact) mass is 473 g/mol. The summed E-state index contributed by atoms with van der Waals surface area (Å²) in [6.07, 6.45) is 2.26. The van der Waals surface area contributed by atoms with Crippen LogP contribution in [0.25, 0.3) is 5.69 Å². The van der Waals surface area contributed by atoms with E-state index in [9.17, 15) is 13.9 Å². The number of aromatic nitrogens is 2. The summed E-state index contributed by atoms with van der Waals surface area (Å²) in [5.74, 6) is 0.210. The molecule has 0 radical (unpaired) electrons. The molecule has 6 nitrogen and oxygen atoms in total. The van der Waals surface area contributed by atoms with Gasteiger partial charge in [0.05, 0.1) is 29.7 Å². The normalized spacial score (nSPS) is 12.3. The largest absolute Gasteiger partial charge is 0.439 e. The maximum Gasteiger partial charge on any atom is 0.227 e. The first-order chi connectivity index (χ1) is 16.4. The van der Waals surface area contributed by atoms with Crippen LogP contribution in [-0.4, -0.2) is 52.7 Å². The number of hydrogen-bond donors (Lipinski definition) is 1. The van der Waals surface area contributed by atoms with Gasteiger partial charge in [0.15, 0.2) is 0 Å². The fourth-order valence-corrected chi connectivity index (χ4v) is 3.70. The van der Waals surface area contributed by atoms with Crippen molar-refractivity contribution in [2.75, 3.05) is 26.8 Å². The van der Waals surface area contributed by atoms with Crippen molar-refractivity contribution < 1.29 is 23.4 Å². The average molecular weight is 474 g/mol. The minimum Gasteiger partial charge on any atom is -0.439 e. The van der Waals surface area contributed by atoms with E-state index in [-0.39, 0.29) is 11.6 Å². The first-order valence-corrected chi connectivity index (χ1v) is 11.6. The smallest absolute Gasteiger partial charge is 0.227 e. The Hall–Kier alpha value is -2.81. The van der Waals surface area contributed by atoms with E-state index >= 15 is 0 Å². The van der Waals surface area contributed by atoms with Gasteiger partial charge in [-0.2, -0.15) is 5.10 Å². The van der Waals surface area contributed by atoms with Crippen LogP contribution in [0.2, 0.25) is 0 Å². The Morgan fingerprint density at radius 3 is 2.32 bits per heavy atom. The molecule has 3 rings (SSSR count). The molecule has 0 aliphatic rings. The van der Waals surface area contributed by atoms with Crippen molar-refractivity contribution in [2.24, 2.45) is 0 Å². The van der Waals surface area contributed by atoms with Crippen molar-refractivity contribution in [3.63, 3.8) is 0 Å². The minimum absolute atomic E-state index is 0.347. The summed E-state index contributed by atoms with van der Waals surface area (Å²) in [4.78, 5) is 2.11. The molecule has 1 heterocycles. The second kappa shape index (κ2) is 12.6. The Bertz CT molecular complexity index is 1020. The molecule has 0 saturated carbocycles. The molecule has 184 valence electrons. The van der Waals surface area contributed by atoms with Crippen LogP contribution in [0.5, 0.6) is 11.6 Å². The lowest BCUT2D eigenvalue weighted by atomic mass is 10.1. The Labute approximate surface area is 199 Å². The Morgan fingerprint density at radius 2 is 1.71 bits per heavy atom. The molecule has 0 saturated heterocycles. The van der Waals surface area contributed by atoms with Gasteiger partial charge in [0.2, 0.25) is 5.88 Å².